The zero-order valence-electron chi connectivity index (χ0n) is 18.9. The number of amides is 3. The molecule has 0 bridgehead atoms. The predicted octanol–water partition coefficient (Wildman–Crippen LogP) is 2.37. The summed E-state index contributed by atoms with van der Waals surface area (Å²) in [4.78, 5) is 39.0. The van der Waals surface area contributed by atoms with E-state index in [1.54, 1.807) is 6.07 Å². The largest absolute Gasteiger partial charge is 0.495 e. The third kappa shape index (κ3) is 4.77. The Morgan fingerprint density at radius 3 is 2.27 bits per heavy atom. The number of rotatable bonds is 7. The molecule has 33 heavy (non-hydrogen) atoms. The SMILES string of the molecule is COc1ccc(NC(=O)CCN2C(=O)[C@H]3CCCC[C@@H]3C2=O)cc1S(=O)(=O)N1CCCCC1. The molecule has 1 aliphatic carbocycles. The molecular formula is C23H31N3O6S. The Balaban J connectivity index is 1.42. The van der Waals surface area contributed by atoms with Crippen LogP contribution in [0.5, 0.6) is 5.75 Å². The number of anilines is 1. The van der Waals surface area contributed by atoms with Gasteiger partial charge in [-0.25, -0.2) is 8.42 Å². The van der Waals surface area contributed by atoms with Crippen LogP contribution in [-0.2, 0) is 24.4 Å². The van der Waals surface area contributed by atoms with Crippen molar-refractivity contribution < 1.29 is 27.5 Å². The van der Waals surface area contributed by atoms with Gasteiger partial charge >= 0.3 is 0 Å². The van der Waals surface area contributed by atoms with Crippen molar-refractivity contribution >= 4 is 33.4 Å². The van der Waals surface area contributed by atoms with Crippen LogP contribution in [0.4, 0.5) is 5.69 Å². The highest BCUT2D eigenvalue weighted by Gasteiger charge is 2.47. The molecule has 0 aromatic heterocycles. The van der Waals surface area contributed by atoms with E-state index in [4.69, 9.17) is 4.74 Å². The minimum absolute atomic E-state index is 0.0127. The van der Waals surface area contributed by atoms with Gasteiger partial charge in [-0.2, -0.15) is 4.31 Å². The number of benzene rings is 1. The summed E-state index contributed by atoms with van der Waals surface area (Å²) < 4.78 is 33.0. The summed E-state index contributed by atoms with van der Waals surface area (Å²) >= 11 is 0. The van der Waals surface area contributed by atoms with Crippen molar-refractivity contribution in [3.05, 3.63) is 18.2 Å². The van der Waals surface area contributed by atoms with E-state index in [2.05, 4.69) is 5.32 Å². The Hall–Kier alpha value is -2.46. The number of sulfonamides is 1. The fourth-order valence-corrected chi connectivity index (χ4v) is 6.79. The summed E-state index contributed by atoms with van der Waals surface area (Å²) in [7, 11) is -2.35. The van der Waals surface area contributed by atoms with Crippen LogP contribution < -0.4 is 10.1 Å². The van der Waals surface area contributed by atoms with Gasteiger partial charge in [0.05, 0.1) is 18.9 Å². The molecule has 3 fully saturated rings. The van der Waals surface area contributed by atoms with Gasteiger partial charge in [-0.1, -0.05) is 19.3 Å². The second kappa shape index (κ2) is 9.80. The molecule has 1 N–H and O–H groups in total. The van der Waals surface area contributed by atoms with Crippen LogP contribution in [0.15, 0.2) is 23.1 Å². The number of carbonyl (C=O) groups is 3. The molecule has 2 heterocycles. The summed E-state index contributed by atoms with van der Waals surface area (Å²) in [6.07, 6.45) is 5.96. The molecule has 1 saturated carbocycles. The van der Waals surface area contributed by atoms with Crippen LogP contribution in [0.3, 0.4) is 0 Å². The number of imide groups is 1. The number of nitrogens with one attached hydrogen (secondary N) is 1. The summed E-state index contributed by atoms with van der Waals surface area (Å²) in [5.74, 6) is -0.989. The first kappa shape index (κ1) is 23.7. The molecule has 4 rings (SSSR count). The first-order valence-electron chi connectivity index (χ1n) is 11.7. The van der Waals surface area contributed by atoms with Crippen molar-refractivity contribution in [3.8, 4) is 5.75 Å². The lowest BCUT2D eigenvalue weighted by atomic mass is 9.81. The molecule has 2 aliphatic heterocycles. The molecular weight excluding hydrogens is 446 g/mol. The van der Waals surface area contributed by atoms with Gasteiger partial charge in [-0.3, -0.25) is 19.3 Å². The van der Waals surface area contributed by atoms with E-state index in [1.807, 2.05) is 0 Å². The van der Waals surface area contributed by atoms with Crippen molar-refractivity contribution in [1.29, 1.82) is 0 Å². The van der Waals surface area contributed by atoms with Crippen LogP contribution in [0, 0.1) is 11.8 Å². The van der Waals surface area contributed by atoms with Crippen LogP contribution in [-0.4, -0.2) is 62.1 Å². The van der Waals surface area contributed by atoms with Crippen LogP contribution in [0.2, 0.25) is 0 Å². The van der Waals surface area contributed by atoms with Crippen molar-refractivity contribution in [2.75, 3.05) is 32.1 Å². The summed E-state index contributed by atoms with van der Waals surface area (Å²) in [6, 6.07) is 4.50. The fourth-order valence-electron chi connectivity index (χ4n) is 5.09. The maximum Gasteiger partial charge on any atom is 0.246 e. The number of likely N-dealkylation sites (tertiary alicyclic amines) is 1. The first-order chi connectivity index (χ1) is 15.8. The lowest BCUT2D eigenvalue weighted by Crippen LogP contribution is -2.35. The molecule has 1 aromatic carbocycles. The van der Waals surface area contributed by atoms with Crippen LogP contribution in [0.1, 0.15) is 51.4 Å². The zero-order chi connectivity index (χ0) is 23.6. The Labute approximate surface area is 194 Å². The molecule has 0 radical (unpaired) electrons. The predicted molar refractivity (Wildman–Crippen MR) is 121 cm³/mol. The zero-order valence-corrected chi connectivity index (χ0v) is 19.7. The first-order valence-corrected chi connectivity index (χ1v) is 13.1. The van der Waals surface area contributed by atoms with Crippen molar-refractivity contribution in [1.82, 2.24) is 9.21 Å². The maximum atomic E-state index is 13.2. The number of piperidine rings is 1. The average Bonchev–Trinajstić information content (AvgIpc) is 3.08. The molecule has 3 amide bonds. The molecule has 10 heteroatoms. The number of methoxy groups -OCH3 is 1. The lowest BCUT2D eigenvalue weighted by molar-refractivity contribution is -0.140. The smallest absolute Gasteiger partial charge is 0.246 e. The van der Waals surface area contributed by atoms with E-state index in [0.29, 0.717) is 18.8 Å². The van der Waals surface area contributed by atoms with E-state index < -0.39 is 15.9 Å². The van der Waals surface area contributed by atoms with E-state index in [0.717, 1.165) is 44.9 Å². The molecule has 180 valence electrons. The summed E-state index contributed by atoms with van der Waals surface area (Å²) in [5.41, 5.74) is 0.323. The fraction of sp³-hybridized carbons (Fsp3) is 0.609. The minimum atomic E-state index is -3.76. The number of hydrogen-bond donors (Lipinski definition) is 1. The highest BCUT2D eigenvalue weighted by molar-refractivity contribution is 7.89. The van der Waals surface area contributed by atoms with Gasteiger partial charge in [0.25, 0.3) is 0 Å². The monoisotopic (exact) mass is 477 g/mol. The summed E-state index contributed by atoms with van der Waals surface area (Å²) in [5, 5.41) is 2.70. The van der Waals surface area contributed by atoms with E-state index >= 15 is 0 Å². The summed E-state index contributed by atoms with van der Waals surface area (Å²) in [6.45, 7) is 0.954. The van der Waals surface area contributed by atoms with Crippen molar-refractivity contribution in [3.63, 3.8) is 0 Å². The van der Waals surface area contributed by atoms with Crippen LogP contribution in [0.25, 0.3) is 0 Å². The Kier molecular flexibility index (Phi) is 7.04. The highest BCUT2D eigenvalue weighted by atomic mass is 32.2. The van der Waals surface area contributed by atoms with Gasteiger partial charge in [-0.05, 0) is 43.9 Å². The van der Waals surface area contributed by atoms with E-state index in [-0.39, 0.29) is 47.3 Å². The van der Waals surface area contributed by atoms with E-state index in [9.17, 15) is 22.8 Å². The van der Waals surface area contributed by atoms with Gasteiger partial charge < -0.3 is 10.1 Å². The van der Waals surface area contributed by atoms with Gasteiger partial charge in [0, 0.05) is 31.7 Å². The molecule has 0 spiro atoms. The Morgan fingerprint density at radius 1 is 1.03 bits per heavy atom. The number of nitrogens with zero attached hydrogens (tertiary/aromatic N) is 2. The number of ether oxygens (including phenoxy) is 1. The van der Waals surface area contributed by atoms with Gasteiger partial charge in [0.2, 0.25) is 27.7 Å². The molecule has 0 unspecified atom stereocenters. The van der Waals surface area contributed by atoms with Crippen LogP contribution >= 0.6 is 0 Å². The number of hydrogen-bond acceptors (Lipinski definition) is 6. The minimum Gasteiger partial charge on any atom is -0.495 e. The Morgan fingerprint density at radius 2 is 1.67 bits per heavy atom. The maximum absolute atomic E-state index is 13.2. The standard InChI is InChI=1S/C23H31N3O6S/c1-32-19-10-9-16(15-20(19)33(30,31)25-12-5-2-6-13-25)24-21(27)11-14-26-22(28)17-7-3-4-8-18(17)23(26)29/h9-10,15,17-18H,2-8,11-14H2,1H3,(H,24,27)/t17-,18-/m0/s1. The normalized spacial score (nSPS) is 24.0. The van der Waals surface area contributed by atoms with Gasteiger partial charge in [0.15, 0.2) is 0 Å². The highest BCUT2D eigenvalue weighted by Crippen LogP contribution is 2.38. The molecule has 3 aliphatic rings. The second-order valence-electron chi connectivity index (χ2n) is 8.95. The topological polar surface area (TPSA) is 113 Å². The molecule has 2 saturated heterocycles. The second-order valence-corrected chi connectivity index (χ2v) is 10.9. The van der Waals surface area contributed by atoms with Crippen molar-refractivity contribution in [2.45, 2.75) is 56.3 Å². The Bertz CT molecular complexity index is 1010. The van der Waals surface area contributed by atoms with Crippen molar-refractivity contribution in [2.24, 2.45) is 11.8 Å². The molecule has 9 nitrogen and oxygen atoms in total. The molecule has 2 atom stereocenters. The third-order valence-electron chi connectivity index (χ3n) is 6.88. The van der Waals surface area contributed by atoms with Gasteiger partial charge in [0.1, 0.15) is 10.6 Å². The van der Waals surface area contributed by atoms with Gasteiger partial charge in [-0.15, -0.1) is 0 Å². The molecule has 1 aromatic rings. The number of fused-ring (bicyclic) bond motifs is 1. The number of carbonyl (C=O) groups excluding carboxylic acids is 3. The lowest BCUT2D eigenvalue weighted by Gasteiger charge is -2.26. The third-order valence-corrected chi connectivity index (χ3v) is 8.79. The average molecular weight is 478 g/mol. The van der Waals surface area contributed by atoms with E-state index in [1.165, 1.54) is 28.4 Å². The quantitative estimate of drug-likeness (QED) is 0.604.